The minimum absolute atomic E-state index is 0.201. The van der Waals surface area contributed by atoms with Gasteiger partial charge in [-0.2, -0.15) is 0 Å². The van der Waals surface area contributed by atoms with Gasteiger partial charge in [0.25, 0.3) is 0 Å². The lowest BCUT2D eigenvalue weighted by Crippen LogP contribution is -1.99. The summed E-state index contributed by atoms with van der Waals surface area (Å²) in [7, 11) is 0. The first kappa shape index (κ1) is 9.97. The molecule has 6 nitrogen and oxygen atoms in total. The quantitative estimate of drug-likeness (QED) is 0.803. The third kappa shape index (κ3) is 2.47. The number of alkyl halides is 1. The number of hydrogen-bond donors (Lipinski definition) is 1. The van der Waals surface area contributed by atoms with E-state index in [4.69, 9.17) is 20.4 Å². The smallest absolute Gasteiger partial charge is 0.315 e. The Hall–Kier alpha value is -1.56. The van der Waals surface area contributed by atoms with Crippen LogP contribution in [0.4, 0.5) is 6.01 Å². The predicted molar refractivity (Wildman–Crippen MR) is 52.4 cm³/mol. The first-order chi connectivity index (χ1) is 7.28. The van der Waals surface area contributed by atoms with Crippen molar-refractivity contribution in [1.82, 2.24) is 15.2 Å². The number of anilines is 1. The molecule has 2 aromatic rings. The lowest BCUT2D eigenvalue weighted by Gasteiger charge is -1.95. The summed E-state index contributed by atoms with van der Waals surface area (Å²) in [5.74, 6) is 1.91. The van der Waals surface area contributed by atoms with E-state index >= 15 is 0 Å². The van der Waals surface area contributed by atoms with Gasteiger partial charge in [-0.3, -0.25) is 0 Å². The van der Waals surface area contributed by atoms with Crippen LogP contribution in [0.2, 0.25) is 0 Å². The van der Waals surface area contributed by atoms with Crippen molar-refractivity contribution in [3.05, 3.63) is 23.7 Å². The molecule has 15 heavy (non-hydrogen) atoms. The summed E-state index contributed by atoms with van der Waals surface area (Å²) < 4.78 is 10.4. The number of aromatic nitrogens is 3. The highest BCUT2D eigenvalue weighted by molar-refractivity contribution is 6.16. The zero-order chi connectivity index (χ0) is 10.7. The third-order valence-corrected chi connectivity index (χ3v) is 1.87. The summed E-state index contributed by atoms with van der Waals surface area (Å²) in [6, 6.07) is 0.307. The maximum atomic E-state index is 5.51. The van der Waals surface area contributed by atoms with Crippen LogP contribution in [-0.2, 0) is 12.4 Å². The first-order valence-electron chi connectivity index (χ1n) is 4.31. The minimum Gasteiger partial charge on any atom is -0.444 e. The number of oxazole rings is 1. The first-order valence-corrected chi connectivity index (χ1v) is 4.85. The van der Waals surface area contributed by atoms with Crippen LogP contribution in [0, 0.1) is 6.92 Å². The molecule has 2 rings (SSSR count). The Kier molecular flexibility index (Phi) is 2.86. The molecule has 0 saturated heterocycles. The van der Waals surface area contributed by atoms with Gasteiger partial charge >= 0.3 is 6.01 Å². The van der Waals surface area contributed by atoms with E-state index in [1.54, 1.807) is 6.20 Å². The van der Waals surface area contributed by atoms with Crippen molar-refractivity contribution >= 4 is 17.6 Å². The number of aryl methyl sites for hydroxylation is 1. The van der Waals surface area contributed by atoms with Crippen LogP contribution in [0.25, 0.3) is 0 Å². The molecule has 0 aliphatic rings. The molecule has 7 heteroatoms. The van der Waals surface area contributed by atoms with Crippen LogP contribution in [0.5, 0.6) is 0 Å². The van der Waals surface area contributed by atoms with E-state index in [0.717, 1.165) is 5.76 Å². The third-order valence-electron chi connectivity index (χ3n) is 1.64. The fourth-order valence-corrected chi connectivity index (χ4v) is 1.12. The van der Waals surface area contributed by atoms with Crippen molar-refractivity contribution in [2.24, 2.45) is 0 Å². The topological polar surface area (TPSA) is 77.0 Å². The molecule has 0 saturated carbocycles. The zero-order valence-electron chi connectivity index (χ0n) is 8.03. The maximum absolute atomic E-state index is 5.51. The van der Waals surface area contributed by atoms with Crippen molar-refractivity contribution in [1.29, 1.82) is 0 Å². The molecule has 0 aliphatic carbocycles. The highest BCUT2D eigenvalue weighted by Crippen LogP contribution is 2.09. The Bertz CT molecular complexity index is 439. The Labute approximate surface area is 90.7 Å². The van der Waals surface area contributed by atoms with Gasteiger partial charge in [-0.15, -0.1) is 16.7 Å². The van der Waals surface area contributed by atoms with Gasteiger partial charge in [0.05, 0.1) is 12.7 Å². The van der Waals surface area contributed by atoms with E-state index in [-0.39, 0.29) is 5.88 Å². The number of halogens is 1. The minimum atomic E-state index is 0.201. The van der Waals surface area contributed by atoms with E-state index in [1.807, 2.05) is 6.92 Å². The van der Waals surface area contributed by atoms with Gasteiger partial charge in [-0.05, 0) is 6.92 Å². The second-order valence-corrected chi connectivity index (χ2v) is 3.12. The second kappa shape index (κ2) is 4.31. The van der Waals surface area contributed by atoms with Crippen molar-refractivity contribution in [2.75, 3.05) is 5.32 Å². The summed E-state index contributed by atoms with van der Waals surface area (Å²) in [5.41, 5.74) is 0. The molecular weight excluding hydrogens is 220 g/mol. The van der Waals surface area contributed by atoms with E-state index in [0.29, 0.717) is 24.3 Å². The normalized spacial score (nSPS) is 10.5. The van der Waals surface area contributed by atoms with Gasteiger partial charge in [0.2, 0.25) is 11.8 Å². The predicted octanol–water partition coefficient (Wildman–Crippen LogP) is 1.72. The van der Waals surface area contributed by atoms with Crippen LogP contribution in [-0.4, -0.2) is 15.2 Å². The Morgan fingerprint density at radius 1 is 1.33 bits per heavy atom. The monoisotopic (exact) mass is 228 g/mol. The average Bonchev–Trinajstić information content (AvgIpc) is 2.83. The molecule has 1 N–H and O–H groups in total. The zero-order valence-corrected chi connectivity index (χ0v) is 8.78. The molecule has 0 unspecified atom stereocenters. The van der Waals surface area contributed by atoms with Gasteiger partial charge in [-0.1, -0.05) is 5.10 Å². The second-order valence-electron chi connectivity index (χ2n) is 2.85. The van der Waals surface area contributed by atoms with Gasteiger partial charge in [0.1, 0.15) is 11.6 Å². The SMILES string of the molecule is Cc1cnc(CNc2nnc(CCl)o2)o1. The number of hydrogen-bond acceptors (Lipinski definition) is 6. The van der Waals surface area contributed by atoms with Crippen molar-refractivity contribution in [3.63, 3.8) is 0 Å². The van der Waals surface area contributed by atoms with Gasteiger partial charge in [-0.25, -0.2) is 4.98 Å². The molecule has 2 aromatic heterocycles. The number of rotatable bonds is 4. The summed E-state index contributed by atoms with van der Waals surface area (Å²) in [4.78, 5) is 4.01. The lowest BCUT2D eigenvalue weighted by molar-refractivity contribution is 0.471. The molecule has 0 aliphatic heterocycles. The summed E-state index contributed by atoms with van der Waals surface area (Å²) in [5, 5.41) is 10.3. The van der Waals surface area contributed by atoms with Crippen LogP contribution < -0.4 is 5.32 Å². The standard InChI is InChI=1S/C8H9ClN4O2/c1-5-3-10-7(14-5)4-11-8-13-12-6(2-9)15-8/h3H,2,4H2,1H3,(H,11,13). The molecule has 0 aromatic carbocycles. The molecule has 0 radical (unpaired) electrons. The largest absolute Gasteiger partial charge is 0.444 e. The molecule has 2 heterocycles. The molecule has 0 atom stereocenters. The molecular formula is C8H9ClN4O2. The van der Waals surface area contributed by atoms with Crippen molar-refractivity contribution in [3.8, 4) is 0 Å². The summed E-state index contributed by atoms with van der Waals surface area (Å²) >= 11 is 5.51. The summed E-state index contributed by atoms with van der Waals surface area (Å²) in [6.07, 6.45) is 1.65. The summed E-state index contributed by atoms with van der Waals surface area (Å²) in [6.45, 7) is 2.23. The van der Waals surface area contributed by atoms with Crippen LogP contribution in [0.15, 0.2) is 15.0 Å². The number of nitrogens with one attached hydrogen (secondary N) is 1. The lowest BCUT2D eigenvalue weighted by atomic mass is 10.6. The fraction of sp³-hybridized carbons (Fsp3) is 0.375. The maximum Gasteiger partial charge on any atom is 0.315 e. The average molecular weight is 229 g/mol. The van der Waals surface area contributed by atoms with Crippen molar-refractivity contribution < 1.29 is 8.83 Å². The van der Waals surface area contributed by atoms with Crippen LogP contribution >= 0.6 is 11.6 Å². The fourth-order valence-electron chi connectivity index (χ4n) is 1.01. The van der Waals surface area contributed by atoms with Crippen LogP contribution in [0.1, 0.15) is 17.5 Å². The molecule has 0 spiro atoms. The van der Waals surface area contributed by atoms with E-state index in [2.05, 4.69) is 20.5 Å². The van der Waals surface area contributed by atoms with E-state index in [1.165, 1.54) is 0 Å². The highest BCUT2D eigenvalue weighted by atomic mass is 35.5. The Balaban J connectivity index is 1.93. The molecule has 0 amide bonds. The van der Waals surface area contributed by atoms with Crippen LogP contribution in [0.3, 0.4) is 0 Å². The highest BCUT2D eigenvalue weighted by Gasteiger charge is 2.05. The van der Waals surface area contributed by atoms with Gasteiger partial charge in [0, 0.05) is 0 Å². The van der Waals surface area contributed by atoms with E-state index < -0.39 is 0 Å². The van der Waals surface area contributed by atoms with E-state index in [9.17, 15) is 0 Å². The Morgan fingerprint density at radius 2 is 2.20 bits per heavy atom. The van der Waals surface area contributed by atoms with Crippen molar-refractivity contribution in [2.45, 2.75) is 19.3 Å². The number of nitrogens with zero attached hydrogens (tertiary/aromatic N) is 3. The van der Waals surface area contributed by atoms with Gasteiger partial charge in [0.15, 0.2) is 0 Å². The molecule has 80 valence electrons. The molecule has 0 fully saturated rings. The Morgan fingerprint density at radius 3 is 2.80 bits per heavy atom. The molecule has 0 bridgehead atoms. The van der Waals surface area contributed by atoms with Gasteiger partial charge < -0.3 is 14.2 Å².